The van der Waals surface area contributed by atoms with E-state index in [1.54, 1.807) is 0 Å². The summed E-state index contributed by atoms with van der Waals surface area (Å²) in [7, 11) is 0. The number of benzene rings is 4. The fourth-order valence-corrected chi connectivity index (χ4v) is 4.59. The molecule has 0 aliphatic carbocycles. The standard InChI is InChI=1S/C30H28O2/c1-23-13-17-27(18-14-23)29(25-9-5-3-6-10-25)21-32-30(22-31-29,26-11-7-4-8-12-26)28-19-15-24(2)16-20-28/h3-20H,21-22H2,1-2H3. The Morgan fingerprint density at radius 3 is 1.06 bits per heavy atom. The summed E-state index contributed by atoms with van der Waals surface area (Å²) in [6, 6.07) is 38.1. The Hall–Kier alpha value is -3.20. The normalized spacial score (nSPS) is 23.1. The van der Waals surface area contributed by atoms with Gasteiger partial charge in [0, 0.05) is 0 Å². The molecular formula is C30H28O2. The van der Waals surface area contributed by atoms with E-state index in [9.17, 15) is 0 Å². The molecule has 4 aromatic carbocycles. The zero-order valence-corrected chi connectivity index (χ0v) is 18.6. The first-order valence-electron chi connectivity index (χ1n) is 11.2. The van der Waals surface area contributed by atoms with Crippen molar-refractivity contribution in [3.8, 4) is 0 Å². The number of aryl methyl sites for hydroxylation is 2. The van der Waals surface area contributed by atoms with Gasteiger partial charge in [-0.05, 0) is 36.1 Å². The van der Waals surface area contributed by atoms with E-state index < -0.39 is 11.2 Å². The summed E-state index contributed by atoms with van der Waals surface area (Å²) in [5, 5.41) is 0. The van der Waals surface area contributed by atoms with E-state index in [4.69, 9.17) is 9.47 Å². The molecule has 0 aromatic heterocycles. The SMILES string of the molecule is Cc1ccc(C2(c3ccccc3)COC(c3ccccc3)(c3ccc(C)cc3)CO2)cc1. The maximum Gasteiger partial charge on any atom is 0.142 e. The van der Waals surface area contributed by atoms with Gasteiger partial charge in [-0.15, -0.1) is 0 Å². The molecule has 2 nitrogen and oxygen atoms in total. The minimum absolute atomic E-state index is 0.419. The summed E-state index contributed by atoms with van der Waals surface area (Å²) in [6.45, 7) is 5.05. The summed E-state index contributed by atoms with van der Waals surface area (Å²) < 4.78 is 13.8. The molecule has 2 heteroatoms. The quantitative estimate of drug-likeness (QED) is 0.373. The molecule has 0 spiro atoms. The predicted octanol–water partition coefficient (Wildman–Crippen LogP) is 6.54. The van der Waals surface area contributed by atoms with Crippen molar-refractivity contribution in [1.29, 1.82) is 0 Å². The van der Waals surface area contributed by atoms with E-state index in [0.717, 1.165) is 22.3 Å². The van der Waals surface area contributed by atoms with Gasteiger partial charge in [0.15, 0.2) is 0 Å². The summed E-state index contributed by atoms with van der Waals surface area (Å²) in [6.07, 6.45) is 0. The van der Waals surface area contributed by atoms with E-state index >= 15 is 0 Å². The van der Waals surface area contributed by atoms with Gasteiger partial charge >= 0.3 is 0 Å². The lowest BCUT2D eigenvalue weighted by Crippen LogP contribution is -2.51. The van der Waals surface area contributed by atoms with Crippen LogP contribution in [0.3, 0.4) is 0 Å². The summed E-state index contributed by atoms with van der Waals surface area (Å²) in [5.41, 5.74) is 5.58. The van der Waals surface area contributed by atoms with Gasteiger partial charge in [0.2, 0.25) is 0 Å². The zero-order chi connectivity index (χ0) is 22.0. The van der Waals surface area contributed by atoms with Crippen LogP contribution in [0.4, 0.5) is 0 Å². The number of rotatable bonds is 4. The highest BCUT2D eigenvalue weighted by atomic mass is 16.6. The molecular weight excluding hydrogens is 392 g/mol. The topological polar surface area (TPSA) is 18.5 Å². The minimum Gasteiger partial charge on any atom is -0.359 e. The van der Waals surface area contributed by atoms with Crippen LogP contribution in [0.2, 0.25) is 0 Å². The first-order chi connectivity index (χ1) is 15.6. The predicted molar refractivity (Wildman–Crippen MR) is 129 cm³/mol. The fourth-order valence-electron chi connectivity index (χ4n) is 4.59. The van der Waals surface area contributed by atoms with E-state index in [0.29, 0.717) is 13.2 Å². The average molecular weight is 421 g/mol. The van der Waals surface area contributed by atoms with Crippen molar-refractivity contribution in [3.05, 3.63) is 143 Å². The lowest BCUT2D eigenvalue weighted by molar-refractivity contribution is -0.215. The Kier molecular flexibility index (Phi) is 5.42. The zero-order valence-electron chi connectivity index (χ0n) is 18.6. The Morgan fingerprint density at radius 1 is 0.438 bits per heavy atom. The van der Waals surface area contributed by atoms with Crippen LogP contribution in [-0.4, -0.2) is 13.2 Å². The van der Waals surface area contributed by atoms with Gasteiger partial charge in [0.1, 0.15) is 11.2 Å². The third-order valence-corrected chi connectivity index (χ3v) is 6.56. The van der Waals surface area contributed by atoms with Crippen molar-refractivity contribution < 1.29 is 9.47 Å². The third-order valence-electron chi connectivity index (χ3n) is 6.56. The van der Waals surface area contributed by atoms with Gasteiger partial charge in [-0.2, -0.15) is 0 Å². The molecule has 32 heavy (non-hydrogen) atoms. The molecule has 5 rings (SSSR count). The fraction of sp³-hybridized carbons (Fsp3) is 0.200. The summed E-state index contributed by atoms with van der Waals surface area (Å²) >= 11 is 0. The number of ether oxygens (including phenoxy) is 2. The highest BCUT2D eigenvalue weighted by Crippen LogP contribution is 2.45. The molecule has 160 valence electrons. The molecule has 0 amide bonds. The molecule has 1 saturated heterocycles. The number of hydrogen-bond acceptors (Lipinski definition) is 2. The molecule has 0 radical (unpaired) electrons. The van der Waals surface area contributed by atoms with Crippen LogP contribution in [0.5, 0.6) is 0 Å². The Morgan fingerprint density at radius 2 is 0.750 bits per heavy atom. The maximum atomic E-state index is 6.91. The van der Waals surface area contributed by atoms with Crippen LogP contribution >= 0.6 is 0 Å². The van der Waals surface area contributed by atoms with Gasteiger partial charge in [-0.1, -0.05) is 120 Å². The first-order valence-corrected chi connectivity index (χ1v) is 11.2. The van der Waals surface area contributed by atoms with Crippen molar-refractivity contribution >= 4 is 0 Å². The van der Waals surface area contributed by atoms with Crippen molar-refractivity contribution in [2.45, 2.75) is 25.0 Å². The second kappa shape index (κ2) is 8.38. The summed E-state index contributed by atoms with van der Waals surface area (Å²) in [4.78, 5) is 0. The Balaban J connectivity index is 1.61. The molecule has 0 bridgehead atoms. The van der Waals surface area contributed by atoms with Crippen molar-refractivity contribution in [3.63, 3.8) is 0 Å². The smallest absolute Gasteiger partial charge is 0.142 e. The van der Waals surface area contributed by atoms with Gasteiger partial charge in [-0.3, -0.25) is 0 Å². The van der Waals surface area contributed by atoms with Crippen molar-refractivity contribution in [2.24, 2.45) is 0 Å². The van der Waals surface area contributed by atoms with Gasteiger partial charge in [0.05, 0.1) is 13.2 Å². The molecule has 1 fully saturated rings. The van der Waals surface area contributed by atoms with Gasteiger partial charge < -0.3 is 9.47 Å². The lowest BCUT2D eigenvalue weighted by Gasteiger charge is -2.47. The van der Waals surface area contributed by atoms with Crippen LogP contribution in [0.25, 0.3) is 0 Å². The van der Waals surface area contributed by atoms with Crippen molar-refractivity contribution in [1.82, 2.24) is 0 Å². The number of hydrogen-bond donors (Lipinski definition) is 0. The highest BCUT2D eigenvalue weighted by molar-refractivity contribution is 5.42. The van der Waals surface area contributed by atoms with E-state index in [-0.39, 0.29) is 0 Å². The van der Waals surface area contributed by atoms with E-state index in [1.165, 1.54) is 11.1 Å². The van der Waals surface area contributed by atoms with Crippen molar-refractivity contribution in [2.75, 3.05) is 13.2 Å². The Labute approximate surface area is 190 Å². The van der Waals surface area contributed by atoms with Crippen LogP contribution in [0.1, 0.15) is 33.4 Å². The van der Waals surface area contributed by atoms with E-state index in [2.05, 4.69) is 111 Å². The van der Waals surface area contributed by atoms with Crippen LogP contribution in [0, 0.1) is 13.8 Å². The van der Waals surface area contributed by atoms with Crippen LogP contribution < -0.4 is 0 Å². The molecule has 0 saturated carbocycles. The highest BCUT2D eigenvalue weighted by Gasteiger charge is 2.48. The molecule has 2 atom stereocenters. The molecule has 0 N–H and O–H groups in total. The second-order valence-electron chi connectivity index (χ2n) is 8.70. The molecule has 1 heterocycles. The molecule has 1 aliphatic rings. The largest absolute Gasteiger partial charge is 0.359 e. The van der Waals surface area contributed by atoms with Gasteiger partial charge in [0.25, 0.3) is 0 Å². The maximum absolute atomic E-state index is 6.91. The second-order valence-corrected chi connectivity index (χ2v) is 8.70. The lowest BCUT2D eigenvalue weighted by atomic mass is 9.81. The Bertz CT molecular complexity index is 1060. The van der Waals surface area contributed by atoms with Crippen LogP contribution in [0.15, 0.2) is 109 Å². The summed E-state index contributed by atoms with van der Waals surface area (Å²) in [5.74, 6) is 0. The van der Waals surface area contributed by atoms with Gasteiger partial charge in [-0.25, -0.2) is 0 Å². The minimum atomic E-state index is -0.655. The monoisotopic (exact) mass is 420 g/mol. The average Bonchev–Trinajstić information content (AvgIpc) is 2.86. The molecule has 2 unspecified atom stereocenters. The third kappa shape index (κ3) is 3.56. The molecule has 1 aliphatic heterocycles. The van der Waals surface area contributed by atoms with Crippen LogP contribution in [-0.2, 0) is 20.7 Å². The first kappa shape index (κ1) is 20.7. The molecule has 4 aromatic rings. The van der Waals surface area contributed by atoms with E-state index in [1.807, 2.05) is 12.1 Å².